The Morgan fingerprint density at radius 2 is 0.629 bits per heavy atom. The highest BCUT2D eigenvalue weighted by atomic mass is 31.1. The van der Waals surface area contributed by atoms with E-state index in [1.807, 2.05) is 0 Å². The maximum absolute atomic E-state index is 7.34. The van der Waals surface area contributed by atoms with Gasteiger partial charge in [-0.2, -0.15) is 0 Å². The molecule has 3 heterocycles. The second kappa shape index (κ2) is 13.5. The minimum absolute atomic E-state index is 0.789. The average Bonchev–Trinajstić information content (AvgIpc) is 3.60. The molecule has 0 atom stereocenters. The minimum Gasteiger partial charge on any atom is -0.455 e. The predicted molar refractivity (Wildman–Crippen MR) is 262 cm³/mol. The average molecular weight is 855 g/mol. The van der Waals surface area contributed by atoms with Gasteiger partial charge in [0, 0.05) is 21.5 Å². The molecule has 0 saturated carbocycles. The SMILES string of the molecule is C[Si]1(C)c2cccc(-p3oc4ccc5ccccc5c4c4c(ccc5ccccc54)o3)c2Oc2c(-p3oc4ccc5ccccc5c4c4c(ccc5ccccc54)o3)cccc21. The fourth-order valence-electron chi connectivity index (χ4n) is 9.72. The van der Waals surface area contributed by atoms with Gasteiger partial charge in [-0.05, 0) is 89.9 Å². The summed E-state index contributed by atoms with van der Waals surface area (Å²) in [4.78, 5) is 0. The lowest BCUT2D eigenvalue weighted by molar-refractivity contribution is 0.491. The first-order chi connectivity index (χ1) is 30.5. The Balaban J connectivity index is 1.08. The van der Waals surface area contributed by atoms with E-state index in [4.69, 9.17) is 21.5 Å². The van der Waals surface area contributed by atoms with Gasteiger partial charge in [0.15, 0.2) is 0 Å². The Labute approximate surface area is 358 Å². The number of benzene rings is 10. The third-order valence-electron chi connectivity index (χ3n) is 12.7. The first kappa shape index (κ1) is 35.8. The molecule has 1 aliphatic rings. The molecule has 296 valence electrons. The van der Waals surface area contributed by atoms with Crippen LogP contribution in [0.2, 0.25) is 13.1 Å². The monoisotopic (exact) mass is 854 g/mol. The lowest BCUT2D eigenvalue weighted by atomic mass is 9.99. The van der Waals surface area contributed by atoms with E-state index in [9.17, 15) is 0 Å². The molecule has 0 N–H and O–H groups in total. The van der Waals surface area contributed by atoms with Crippen LogP contribution in [0.3, 0.4) is 0 Å². The lowest BCUT2D eigenvalue weighted by Gasteiger charge is -2.34. The number of hydrogen-bond acceptors (Lipinski definition) is 5. The van der Waals surface area contributed by atoms with Crippen LogP contribution in [0.4, 0.5) is 0 Å². The molecule has 0 unspecified atom stereocenters. The maximum atomic E-state index is 7.34. The molecule has 5 nitrogen and oxygen atoms in total. The molecular formula is C54H36O5P2Si. The lowest BCUT2D eigenvalue weighted by Crippen LogP contribution is -2.56. The second-order valence-electron chi connectivity index (χ2n) is 16.6. The molecule has 10 aromatic carbocycles. The summed E-state index contributed by atoms with van der Waals surface area (Å²) in [6.45, 7) is 4.80. The summed E-state index contributed by atoms with van der Waals surface area (Å²) in [5.41, 5.74) is 3.16. The van der Waals surface area contributed by atoms with Gasteiger partial charge in [0.2, 0.25) is 0 Å². The number of para-hydroxylation sites is 2. The summed E-state index contributed by atoms with van der Waals surface area (Å²) in [6.07, 6.45) is 0. The molecule has 0 radical (unpaired) electrons. The van der Waals surface area contributed by atoms with E-state index in [0.717, 1.165) is 109 Å². The van der Waals surface area contributed by atoms with Crippen LogP contribution in [-0.4, -0.2) is 8.07 Å². The number of rotatable bonds is 2. The normalized spacial score (nSPS) is 13.3. The van der Waals surface area contributed by atoms with E-state index in [-0.39, 0.29) is 0 Å². The van der Waals surface area contributed by atoms with E-state index < -0.39 is 24.1 Å². The summed E-state index contributed by atoms with van der Waals surface area (Å²) in [5, 5.41) is 17.4. The summed E-state index contributed by atoms with van der Waals surface area (Å²) >= 11 is 0. The summed E-state index contributed by atoms with van der Waals surface area (Å²) in [6, 6.07) is 63.9. The third-order valence-corrected chi connectivity index (χ3v) is 19.1. The van der Waals surface area contributed by atoms with Crippen LogP contribution in [0.5, 0.6) is 11.5 Å². The molecule has 62 heavy (non-hydrogen) atoms. The minimum atomic E-state index is -2.41. The van der Waals surface area contributed by atoms with Gasteiger partial charge in [-0.3, -0.25) is 0 Å². The Morgan fingerprint density at radius 3 is 0.952 bits per heavy atom. The molecule has 0 saturated heterocycles. The fourth-order valence-corrected chi connectivity index (χ4v) is 15.6. The molecule has 0 bridgehead atoms. The van der Waals surface area contributed by atoms with Crippen molar-refractivity contribution in [3.8, 4) is 22.1 Å². The number of hydrogen-bond donors (Lipinski definition) is 0. The molecule has 0 spiro atoms. The fraction of sp³-hybridized carbons (Fsp3) is 0.0370. The molecule has 8 heteroatoms. The number of ether oxygens (including phenoxy) is 1. The molecule has 13 rings (SSSR count). The highest BCUT2D eigenvalue weighted by Crippen LogP contribution is 2.54. The van der Waals surface area contributed by atoms with Crippen molar-refractivity contribution in [2.24, 2.45) is 0 Å². The van der Waals surface area contributed by atoms with Crippen LogP contribution < -0.4 is 15.1 Å². The zero-order valence-electron chi connectivity index (χ0n) is 33.8. The standard InChI is InChI=1S/C54H36O5P2Si/c1-62(2)47-23-11-21-45(60-56-41-29-25-33-13-3-7-17-37(33)49(41)50-38-18-8-4-14-34(38)26-30-42(50)57-60)53(47)55-54-46(22-12-24-48(54)62)61-58-43-31-27-35-15-5-9-19-39(35)51(43)52-40-20-10-6-16-36(40)28-32-44(52)59-61/h3-32H,1-2H3. The maximum Gasteiger partial charge on any atom is 0.256 e. The molecule has 1 aliphatic heterocycles. The Kier molecular flexibility index (Phi) is 7.81. The quantitative estimate of drug-likeness (QED) is 0.162. The van der Waals surface area contributed by atoms with Gasteiger partial charge in [0.1, 0.15) is 52.5 Å². The van der Waals surface area contributed by atoms with E-state index in [0.29, 0.717) is 0 Å². The van der Waals surface area contributed by atoms with Crippen molar-refractivity contribution in [3.63, 3.8) is 0 Å². The molecule has 0 aliphatic carbocycles. The van der Waals surface area contributed by atoms with Crippen molar-refractivity contribution < 1.29 is 21.5 Å². The zero-order chi connectivity index (χ0) is 41.1. The molecule has 0 fully saturated rings. The van der Waals surface area contributed by atoms with Gasteiger partial charge in [-0.25, -0.2) is 0 Å². The van der Waals surface area contributed by atoms with Gasteiger partial charge < -0.3 is 21.5 Å². The summed E-state index contributed by atoms with van der Waals surface area (Å²) in [7, 11) is -5.83. The molecule has 2 aromatic heterocycles. The van der Waals surface area contributed by atoms with Crippen LogP contribution in [-0.2, 0) is 0 Å². The van der Waals surface area contributed by atoms with Crippen molar-refractivity contribution in [1.29, 1.82) is 0 Å². The summed E-state index contributed by atoms with van der Waals surface area (Å²) < 4.78 is 35.9. The van der Waals surface area contributed by atoms with Gasteiger partial charge in [-0.15, -0.1) is 0 Å². The van der Waals surface area contributed by atoms with Crippen molar-refractivity contribution in [2.75, 3.05) is 0 Å². The second-order valence-corrected chi connectivity index (χ2v) is 23.6. The van der Waals surface area contributed by atoms with E-state index >= 15 is 0 Å². The zero-order valence-corrected chi connectivity index (χ0v) is 36.5. The van der Waals surface area contributed by atoms with E-state index in [2.05, 4.69) is 195 Å². The van der Waals surface area contributed by atoms with Crippen LogP contribution in [0.25, 0.3) is 97.6 Å². The van der Waals surface area contributed by atoms with E-state index in [1.54, 1.807) is 0 Å². The van der Waals surface area contributed by atoms with Crippen molar-refractivity contribution in [2.45, 2.75) is 13.1 Å². The van der Waals surface area contributed by atoms with E-state index in [1.165, 1.54) is 10.4 Å². The van der Waals surface area contributed by atoms with Gasteiger partial charge in [0.05, 0.1) is 0 Å². The largest absolute Gasteiger partial charge is 0.455 e. The van der Waals surface area contributed by atoms with Crippen LogP contribution in [0.15, 0.2) is 199 Å². The first-order valence-corrected chi connectivity index (χ1v) is 26.2. The summed E-state index contributed by atoms with van der Waals surface area (Å²) in [5.74, 6) is 1.59. The first-order valence-electron chi connectivity index (χ1n) is 20.8. The Hall–Kier alpha value is -6.94. The van der Waals surface area contributed by atoms with Gasteiger partial charge in [-0.1, -0.05) is 159 Å². The molecular weight excluding hydrogens is 819 g/mol. The number of fused-ring (bicyclic) bond motifs is 16. The van der Waals surface area contributed by atoms with Crippen LogP contribution in [0, 0.1) is 0 Å². The topological polar surface area (TPSA) is 61.8 Å². The molecule has 12 aromatic rings. The van der Waals surface area contributed by atoms with Gasteiger partial charge >= 0.3 is 0 Å². The van der Waals surface area contributed by atoms with Crippen LogP contribution in [0.1, 0.15) is 0 Å². The third kappa shape index (κ3) is 5.28. The van der Waals surface area contributed by atoms with Crippen molar-refractivity contribution in [1.82, 2.24) is 0 Å². The van der Waals surface area contributed by atoms with Crippen LogP contribution >= 0.6 is 16.0 Å². The van der Waals surface area contributed by atoms with Gasteiger partial charge in [0.25, 0.3) is 16.0 Å². The molecule has 0 amide bonds. The predicted octanol–water partition coefficient (Wildman–Crippen LogP) is 16.4. The highest BCUT2D eigenvalue weighted by Gasteiger charge is 2.40. The Morgan fingerprint density at radius 1 is 0.323 bits per heavy atom. The Bertz CT molecular complexity index is 3510. The smallest absolute Gasteiger partial charge is 0.256 e. The van der Waals surface area contributed by atoms with Crippen molar-refractivity contribution >= 4 is 121 Å². The van der Waals surface area contributed by atoms with Crippen molar-refractivity contribution in [3.05, 3.63) is 182 Å². The highest BCUT2D eigenvalue weighted by molar-refractivity contribution is 7.46.